The molecule has 1 unspecified atom stereocenters. The van der Waals surface area contributed by atoms with Gasteiger partial charge < -0.3 is 9.64 Å². The average molecular weight is 158 g/mol. The van der Waals surface area contributed by atoms with E-state index in [9.17, 15) is 0 Å². The van der Waals surface area contributed by atoms with Crippen LogP contribution in [0, 0.1) is 0 Å². The SMILES string of the molecule is COCNC1CCCN(C)C1. The van der Waals surface area contributed by atoms with Crippen LogP contribution in [0.4, 0.5) is 0 Å². The highest BCUT2D eigenvalue weighted by Gasteiger charge is 2.15. The summed E-state index contributed by atoms with van der Waals surface area (Å²) in [6.45, 7) is 3.08. The van der Waals surface area contributed by atoms with E-state index >= 15 is 0 Å². The van der Waals surface area contributed by atoms with Crippen molar-refractivity contribution in [2.24, 2.45) is 0 Å². The zero-order chi connectivity index (χ0) is 8.10. The van der Waals surface area contributed by atoms with E-state index < -0.39 is 0 Å². The lowest BCUT2D eigenvalue weighted by Crippen LogP contribution is -2.44. The first-order valence-electron chi connectivity index (χ1n) is 4.24. The molecule has 0 saturated carbocycles. The van der Waals surface area contributed by atoms with Crippen LogP contribution in [-0.4, -0.2) is 44.9 Å². The quantitative estimate of drug-likeness (QED) is 0.597. The van der Waals surface area contributed by atoms with E-state index in [0.717, 1.165) is 6.54 Å². The summed E-state index contributed by atoms with van der Waals surface area (Å²) in [6, 6.07) is 0.633. The molecular weight excluding hydrogens is 140 g/mol. The van der Waals surface area contributed by atoms with Crippen LogP contribution in [0.25, 0.3) is 0 Å². The number of nitrogens with zero attached hydrogens (tertiary/aromatic N) is 1. The van der Waals surface area contributed by atoms with E-state index in [1.54, 1.807) is 7.11 Å². The third-order valence-electron chi connectivity index (χ3n) is 2.14. The second kappa shape index (κ2) is 4.70. The number of piperidine rings is 1. The van der Waals surface area contributed by atoms with E-state index in [1.165, 1.54) is 19.4 Å². The molecule has 0 bridgehead atoms. The Hall–Kier alpha value is -0.120. The number of likely N-dealkylation sites (tertiary alicyclic amines) is 1. The summed E-state index contributed by atoms with van der Waals surface area (Å²) in [4.78, 5) is 2.36. The molecule has 0 aromatic rings. The first-order valence-corrected chi connectivity index (χ1v) is 4.24. The number of likely N-dealkylation sites (N-methyl/N-ethyl adjacent to an activating group) is 1. The molecule has 1 heterocycles. The highest BCUT2D eigenvalue weighted by molar-refractivity contribution is 4.74. The van der Waals surface area contributed by atoms with E-state index in [4.69, 9.17) is 4.74 Å². The van der Waals surface area contributed by atoms with Gasteiger partial charge in [-0.1, -0.05) is 0 Å². The van der Waals surface area contributed by atoms with E-state index in [-0.39, 0.29) is 0 Å². The maximum absolute atomic E-state index is 4.95. The molecule has 0 aromatic carbocycles. The van der Waals surface area contributed by atoms with Gasteiger partial charge in [0.05, 0.1) is 6.73 Å². The van der Waals surface area contributed by atoms with Crippen molar-refractivity contribution in [2.75, 3.05) is 34.0 Å². The van der Waals surface area contributed by atoms with Crippen molar-refractivity contribution >= 4 is 0 Å². The summed E-state index contributed by atoms with van der Waals surface area (Å²) < 4.78 is 4.95. The van der Waals surface area contributed by atoms with Crippen molar-refractivity contribution in [3.05, 3.63) is 0 Å². The zero-order valence-corrected chi connectivity index (χ0v) is 7.47. The minimum absolute atomic E-state index is 0.633. The van der Waals surface area contributed by atoms with E-state index in [2.05, 4.69) is 17.3 Å². The van der Waals surface area contributed by atoms with Crippen LogP contribution in [0.1, 0.15) is 12.8 Å². The molecule has 66 valence electrons. The maximum Gasteiger partial charge on any atom is 0.0963 e. The van der Waals surface area contributed by atoms with Gasteiger partial charge in [0.25, 0.3) is 0 Å². The van der Waals surface area contributed by atoms with Gasteiger partial charge in [0.15, 0.2) is 0 Å². The first-order chi connectivity index (χ1) is 5.33. The second-order valence-electron chi connectivity index (χ2n) is 3.24. The van der Waals surface area contributed by atoms with Crippen molar-refractivity contribution in [2.45, 2.75) is 18.9 Å². The van der Waals surface area contributed by atoms with Crippen LogP contribution in [0.2, 0.25) is 0 Å². The van der Waals surface area contributed by atoms with Gasteiger partial charge in [-0.25, -0.2) is 0 Å². The summed E-state index contributed by atoms with van der Waals surface area (Å²) >= 11 is 0. The number of methoxy groups -OCH3 is 1. The molecule has 1 atom stereocenters. The van der Waals surface area contributed by atoms with Crippen LogP contribution >= 0.6 is 0 Å². The zero-order valence-electron chi connectivity index (χ0n) is 7.47. The molecule has 1 aliphatic rings. The molecule has 1 rings (SSSR count). The van der Waals surface area contributed by atoms with Gasteiger partial charge in [-0.05, 0) is 26.4 Å². The minimum atomic E-state index is 0.633. The van der Waals surface area contributed by atoms with Crippen LogP contribution in [0.5, 0.6) is 0 Å². The van der Waals surface area contributed by atoms with Gasteiger partial charge in [-0.2, -0.15) is 0 Å². The predicted molar refractivity (Wildman–Crippen MR) is 45.5 cm³/mol. The lowest BCUT2D eigenvalue weighted by Gasteiger charge is -2.30. The molecule has 1 aliphatic heterocycles. The molecule has 0 aliphatic carbocycles. The van der Waals surface area contributed by atoms with Crippen molar-refractivity contribution < 1.29 is 4.74 Å². The van der Waals surface area contributed by atoms with E-state index in [0.29, 0.717) is 12.8 Å². The number of hydrogen-bond donors (Lipinski definition) is 1. The fourth-order valence-electron chi connectivity index (χ4n) is 1.53. The Labute approximate surface area is 68.7 Å². The van der Waals surface area contributed by atoms with Crippen molar-refractivity contribution in [1.82, 2.24) is 10.2 Å². The summed E-state index contributed by atoms with van der Waals surface area (Å²) in [7, 11) is 3.89. The van der Waals surface area contributed by atoms with Crippen LogP contribution in [-0.2, 0) is 4.74 Å². The van der Waals surface area contributed by atoms with Gasteiger partial charge in [0, 0.05) is 19.7 Å². The fraction of sp³-hybridized carbons (Fsp3) is 1.00. The predicted octanol–water partition coefficient (Wildman–Crippen LogP) is 0.274. The Kier molecular flexibility index (Phi) is 3.83. The van der Waals surface area contributed by atoms with Gasteiger partial charge in [0.2, 0.25) is 0 Å². The van der Waals surface area contributed by atoms with Gasteiger partial charge >= 0.3 is 0 Å². The lowest BCUT2D eigenvalue weighted by atomic mass is 10.1. The molecule has 1 fully saturated rings. The molecule has 3 heteroatoms. The third-order valence-corrected chi connectivity index (χ3v) is 2.14. The summed E-state index contributed by atoms with van der Waals surface area (Å²) in [6.07, 6.45) is 2.59. The maximum atomic E-state index is 4.95. The molecule has 1 saturated heterocycles. The highest BCUT2D eigenvalue weighted by atomic mass is 16.5. The van der Waals surface area contributed by atoms with Crippen molar-refractivity contribution in [1.29, 1.82) is 0 Å². The molecule has 0 amide bonds. The third kappa shape index (κ3) is 3.18. The summed E-state index contributed by atoms with van der Waals surface area (Å²) in [5.74, 6) is 0. The normalized spacial score (nSPS) is 27.3. The van der Waals surface area contributed by atoms with Crippen molar-refractivity contribution in [3.63, 3.8) is 0 Å². The smallest absolute Gasteiger partial charge is 0.0963 e. The average Bonchev–Trinajstić information content (AvgIpc) is 2.01. The standard InChI is InChI=1S/C8H18N2O/c1-10-5-3-4-8(6-10)9-7-11-2/h8-9H,3-7H2,1-2H3. The Morgan fingerprint density at radius 1 is 1.64 bits per heavy atom. The lowest BCUT2D eigenvalue weighted by molar-refractivity contribution is 0.138. The molecular formula is C8H18N2O. The number of ether oxygens (including phenoxy) is 1. The molecule has 11 heavy (non-hydrogen) atoms. The van der Waals surface area contributed by atoms with Crippen LogP contribution < -0.4 is 5.32 Å². The summed E-state index contributed by atoms with van der Waals surface area (Å²) in [5.41, 5.74) is 0. The number of rotatable bonds is 3. The van der Waals surface area contributed by atoms with Gasteiger partial charge in [-0.15, -0.1) is 0 Å². The highest BCUT2D eigenvalue weighted by Crippen LogP contribution is 2.06. The molecule has 0 spiro atoms. The monoisotopic (exact) mass is 158 g/mol. The first kappa shape index (κ1) is 8.97. The second-order valence-corrected chi connectivity index (χ2v) is 3.24. The Morgan fingerprint density at radius 2 is 2.45 bits per heavy atom. The minimum Gasteiger partial charge on any atom is -0.370 e. The molecule has 3 nitrogen and oxygen atoms in total. The van der Waals surface area contributed by atoms with E-state index in [1.807, 2.05) is 0 Å². The van der Waals surface area contributed by atoms with Gasteiger partial charge in [-0.3, -0.25) is 5.32 Å². The van der Waals surface area contributed by atoms with Crippen molar-refractivity contribution in [3.8, 4) is 0 Å². The number of nitrogens with one attached hydrogen (secondary N) is 1. The molecule has 1 N–H and O–H groups in total. The Balaban J connectivity index is 2.12. The molecule has 0 aromatic heterocycles. The topological polar surface area (TPSA) is 24.5 Å². The molecule has 0 radical (unpaired) electrons. The van der Waals surface area contributed by atoms with Crippen LogP contribution in [0.3, 0.4) is 0 Å². The Bertz CT molecular complexity index is 108. The summed E-state index contributed by atoms with van der Waals surface area (Å²) in [5, 5.41) is 3.34. The number of hydrogen-bond acceptors (Lipinski definition) is 3. The fourth-order valence-corrected chi connectivity index (χ4v) is 1.53. The van der Waals surface area contributed by atoms with Gasteiger partial charge in [0.1, 0.15) is 0 Å². The largest absolute Gasteiger partial charge is 0.370 e. The van der Waals surface area contributed by atoms with Crippen LogP contribution in [0.15, 0.2) is 0 Å². The Morgan fingerprint density at radius 3 is 3.09 bits per heavy atom.